The van der Waals surface area contributed by atoms with Crippen molar-refractivity contribution in [2.75, 3.05) is 20.2 Å². The fourth-order valence-corrected chi connectivity index (χ4v) is 4.03. The highest BCUT2D eigenvalue weighted by molar-refractivity contribution is 5.28. The highest BCUT2D eigenvalue weighted by Gasteiger charge is 2.31. The summed E-state index contributed by atoms with van der Waals surface area (Å²) in [6, 6.07) is 6.39. The molecule has 0 aliphatic heterocycles. The molecule has 0 saturated carbocycles. The molecule has 2 aromatic rings. The Labute approximate surface area is 176 Å². The molecule has 0 bridgehead atoms. The number of rotatable bonds is 12. The van der Waals surface area contributed by atoms with E-state index in [1.165, 1.54) is 16.7 Å². The first-order valence-electron chi connectivity index (χ1n) is 10.8. The van der Waals surface area contributed by atoms with Crippen LogP contribution in [0.4, 0.5) is 0 Å². The van der Waals surface area contributed by atoms with E-state index in [9.17, 15) is 0 Å². The van der Waals surface area contributed by atoms with Crippen molar-refractivity contribution in [3.8, 4) is 0 Å². The van der Waals surface area contributed by atoms with Crippen molar-refractivity contribution in [3.63, 3.8) is 0 Å². The molecular weight excluding hydrogens is 360 g/mol. The average Bonchev–Trinajstić information content (AvgIpc) is 2.73. The quantitative estimate of drug-likeness (QED) is 0.534. The van der Waals surface area contributed by atoms with E-state index in [0.29, 0.717) is 0 Å². The van der Waals surface area contributed by atoms with E-state index >= 15 is 0 Å². The molecule has 2 aromatic heterocycles. The average molecular weight is 399 g/mol. The first-order valence-corrected chi connectivity index (χ1v) is 10.8. The number of aryl methyl sites for hydroxylation is 2. The van der Waals surface area contributed by atoms with Gasteiger partial charge in [-0.05, 0) is 69.8 Å². The monoisotopic (exact) mass is 398 g/mol. The number of ether oxygens (including phenoxy) is 1. The standard InChI is InChI=1S/C24H38N4O/c1-6-24(7-2,29-5)21-11-10-13-26-23(21)18-28(14-9-8-12-25)17-22-20(4)15-19(3)16-27-22/h10-11,13,15-16H,6-9,12,14,17-18,25H2,1-5H3. The van der Waals surface area contributed by atoms with Crippen molar-refractivity contribution < 1.29 is 4.74 Å². The summed E-state index contributed by atoms with van der Waals surface area (Å²) in [4.78, 5) is 11.9. The number of hydrogen-bond acceptors (Lipinski definition) is 5. The van der Waals surface area contributed by atoms with Crippen LogP contribution in [-0.4, -0.2) is 35.1 Å². The lowest BCUT2D eigenvalue weighted by Gasteiger charge is -2.33. The normalized spacial score (nSPS) is 12.0. The molecule has 2 N–H and O–H groups in total. The third-order valence-corrected chi connectivity index (χ3v) is 5.91. The molecule has 5 heteroatoms. The van der Waals surface area contributed by atoms with Crippen molar-refractivity contribution >= 4 is 0 Å². The van der Waals surface area contributed by atoms with Gasteiger partial charge in [0.05, 0.1) is 17.0 Å². The maximum atomic E-state index is 6.01. The van der Waals surface area contributed by atoms with Crippen LogP contribution in [-0.2, 0) is 23.4 Å². The second kappa shape index (κ2) is 11.4. The fraction of sp³-hybridized carbons (Fsp3) is 0.583. The molecule has 2 rings (SSSR count). The maximum Gasteiger partial charge on any atom is 0.0940 e. The first-order chi connectivity index (χ1) is 14.0. The molecule has 0 spiro atoms. The molecule has 29 heavy (non-hydrogen) atoms. The predicted octanol–water partition coefficient (Wildman–Crippen LogP) is 4.50. The van der Waals surface area contributed by atoms with Gasteiger partial charge in [-0.2, -0.15) is 0 Å². The molecule has 2 heterocycles. The zero-order chi connectivity index (χ0) is 21.3. The molecule has 0 radical (unpaired) electrons. The minimum Gasteiger partial charge on any atom is -0.373 e. The Kier molecular flexibility index (Phi) is 9.21. The number of hydrogen-bond donors (Lipinski definition) is 1. The van der Waals surface area contributed by atoms with E-state index in [1.807, 2.05) is 25.6 Å². The van der Waals surface area contributed by atoms with Gasteiger partial charge in [-0.25, -0.2) is 0 Å². The summed E-state index contributed by atoms with van der Waals surface area (Å²) in [5.41, 5.74) is 11.3. The van der Waals surface area contributed by atoms with Gasteiger partial charge in [0.15, 0.2) is 0 Å². The van der Waals surface area contributed by atoms with Gasteiger partial charge in [-0.15, -0.1) is 0 Å². The highest BCUT2D eigenvalue weighted by atomic mass is 16.5. The van der Waals surface area contributed by atoms with Crippen LogP contribution in [0.5, 0.6) is 0 Å². The molecule has 160 valence electrons. The summed E-state index contributed by atoms with van der Waals surface area (Å²) >= 11 is 0. The lowest BCUT2D eigenvalue weighted by atomic mass is 9.87. The van der Waals surface area contributed by atoms with Crippen LogP contribution in [0.3, 0.4) is 0 Å². The second-order valence-corrected chi connectivity index (χ2v) is 7.89. The van der Waals surface area contributed by atoms with E-state index in [2.05, 4.69) is 44.7 Å². The minimum atomic E-state index is -0.287. The molecule has 0 aliphatic rings. The van der Waals surface area contributed by atoms with Crippen molar-refractivity contribution in [1.29, 1.82) is 0 Å². The molecule has 0 saturated heterocycles. The summed E-state index contributed by atoms with van der Waals surface area (Å²) < 4.78 is 6.01. The summed E-state index contributed by atoms with van der Waals surface area (Å²) in [5, 5.41) is 0. The first kappa shape index (κ1) is 23.5. The van der Waals surface area contributed by atoms with Gasteiger partial charge in [0.25, 0.3) is 0 Å². The van der Waals surface area contributed by atoms with Crippen molar-refractivity contribution in [1.82, 2.24) is 14.9 Å². The van der Waals surface area contributed by atoms with Crippen LogP contribution in [0.1, 0.15) is 67.6 Å². The smallest absolute Gasteiger partial charge is 0.0940 e. The Morgan fingerprint density at radius 1 is 1.07 bits per heavy atom. The van der Waals surface area contributed by atoms with E-state index in [-0.39, 0.29) is 5.60 Å². The summed E-state index contributed by atoms with van der Waals surface area (Å²) in [7, 11) is 1.81. The van der Waals surface area contributed by atoms with Crippen LogP contribution in [0, 0.1) is 13.8 Å². The fourth-order valence-electron chi connectivity index (χ4n) is 4.03. The van der Waals surface area contributed by atoms with Crippen molar-refractivity contribution in [2.45, 2.75) is 72.1 Å². The highest BCUT2D eigenvalue weighted by Crippen LogP contribution is 2.34. The zero-order valence-corrected chi connectivity index (χ0v) is 18.9. The van der Waals surface area contributed by atoms with E-state index in [4.69, 9.17) is 20.4 Å². The molecule has 0 amide bonds. The lowest BCUT2D eigenvalue weighted by Crippen LogP contribution is -2.32. The SMILES string of the molecule is CCC(CC)(OC)c1cccnc1CN(CCCCN)Cc1ncc(C)cc1C. The Morgan fingerprint density at radius 2 is 1.79 bits per heavy atom. The van der Waals surface area contributed by atoms with E-state index < -0.39 is 0 Å². The van der Waals surface area contributed by atoms with Crippen molar-refractivity contribution in [2.24, 2.45) is 5.73 Å². The predicted molar refractivity (Wildman–Crippen MR) is 120 cm³/mol. The van der Waals surface area contributed by atoms with Crippen LogP contribution in [0.2, 0.25) is 0 Å². The Bertz CT molecular complexity index is 750. The largest absolute Gasteiger partial charge is 0.373 e. The lowest BCUT2D eigenvalue weighted by molar-refractivity contribution is -0.0233. The minimum absolute atomic E-state index is 0.287. The van der Waals surface area contributed by atoms with Crippen LogP contribution < -0.4 is 5.73 Å². The van der Waals surface area contributed by atoms with Gasteiger partial charge in [-0.3, -0.25) is 14.9 Å². The topological polar surface area (TPSA) is 64.3 Å². The molecule has 0 aliphatic carbocycles. The molecule has 5 nitrogen and oxygen atoms in total. The third kappa shape index (κ3) is 6.08. The van der Waals surface area contributed by atoms with E-state index in [0.717, 1.165) is 63.3 Å². The van der Waals surface area contributed by atoms with Gasteiger partial charge < -0.3 is 10.5 Å². The van der Waals surface area contributed by atoms with Gasteiger partial charge in [0.2, 0.25) is 0 Å². The summed E-state index contributed by atoms with van der Waals surface area (Å²) in [6.45, 7) is 11.9. The van der Waals surface area contributed by atoms with Gasteiger partial charge >= 0.3 is 0 Å². The maximum absolute atomic E-state index is 6.01. The van der Waals surface area contributed by atoms with Gasteiger partial charge in [0, 0.05) is 38.2 Å². The molecule has 0 atom stereocenters. The molecule has 0 unspecified atom stereocenters. The Morgan fingerprint density at radius 3 is 2.41 bits per heavy atom. The van der Waals surface area contributed by atoms with Crippen LogP contribution in [0.25, 0.3) is 0 Å². The molecule has 0 aromatic carbocycles. The third-order valence-electron chi connectivity index (χ3n) is 5.91. The number of methoxy groups -OCH3 is 1. The second-order valence-electron chi connectivity index (χ2n) is 7.89. The van der Waals surface area contributed by atoms with Crippen molar-refractivity contribution in [3.05, 3.63) is 58.7 Å². The summed E-state index contributed by atoms with van der Waals surface area (Å²) in [6.07, 6.45) is 7.78. The Balaban J connectivity index is 2.31. The number of nitrogens with two attached hydrogens (primary N) is 1. The number of aromatic nitrogens is 2. The summed E-state index contributed by atoms with van der Waals surface area (Å²) in [5.74, 6) is 0. The number of unbranched alkanes of at least 4 members (excludes halogenated alkanes) is 1. The number of pyridine rings is 2. The molecular formula is C24H38N4O. The van der Waals surface area contributed by atoms with Crippen LogP contribution in [0.15, 0.2) is 30.6 Å². The van der Waals surface area contributed by atoms with Crippen LogP contribution >= 0.6 is 0 Å². The molecule has 0 fully saturated rings. The zero-order valence-electron chi connectivity index (χ0n) is 18.9. The van der Waals surface area contributed by atoms with Gasteiger partial charge in [-0.1, -0.05) is 26.0 Å². The number of nitrogens with zero attached hydrogens (tertiary/aromatic N) is 3. The van der Waals surface area contributed by atoms with E-state index in [1.54, 1.807) is 0 Å². The van der Waals surface area contributed by atoms with Gasteiger partial charge in [0.1, 0.15) is 0 Å². The Hall–Kier alpha value is -1.82.